The summed E-state index contributed by atoms with van der Waals surface area (Å²) in [5.74, 6) is 0.275. The van der Waals surface area contributed by atoms with Crippen molar-refractivity contribution < 1.29 is 14.6 Å². The van der Waals surface area contributed by atoms with Crippen LogP contribution in [0.2, 0.25) is 5.02 Å². The van der Waals surface area contributed by atoms with E-state index in [1.54, 1.807) is 6.07 Å². The number of carbonyl (C=O) groups is 1. The van der Waals surface area contributed by atoms with Crippen LogP contribution in [0.3, 0.4) is 0 Å². The van der Waals surface area contributed by atoms with E-state index in [0.29, 0.717) is 29.5 Å². The monoisotopic (exact) mass is 340 g/mol. The maximum absolute atomic E-state index is 12.6. The van der Waals surface area contributed by atoms with Crippen LogP contribution in [-0.2, 0) is 6.42 Å². The zero-order valence-corrected chi connectivity index (χ0v) is 14.7. The number of aryl methyl sites for hydroxylation is 1. The van der Waals surface area contributed by atoms with Gasteiger partial charge in [0.1, 0.15) is 11.3 Å². The van der Waals surface area contributed by atoms with E-state index in [1.807, 2.05) is 6.92 Å². The number of nitrogens with one attached hydrogen (secondary N) is 1. The van der Waals surface area contributed by atoms with Gasteiger partial charge >= 0.3 is 0 Å². The van der Waals surface area contributed by atoms with Crippen molar-refractivity contribution >= 4 is 17.5 Å². The predicted molar refractivity (Wildman–Crippen MR) is 91.6 cm³/mol. The molecule has 128 valence electrons. The molecule has 1 aromatic carbocycles. The van der Waals surface area contributed by atoms with Crippen LogP contribution >= 0.6 is 11.6 Å². The second kappa shape index (κ2) is 7.88. The van der Waals surface area contributed by atoms with Crippen LogP contribution < -0.4 is 10.1 Å². The molecule has 1 saturated heterocycles. The lowest BCUT2D eigenvalue weighted by Crippen LogP contribution is -2.31. The van der Waals surface area contributed by atoms with Gasteiger partial charge in [-0.2, -0.15) is 0 Å². The third-order valence-electron chi connectivity index (χ3n) is 4.47. The molecular weight excluding hydrogens is 316 g/mol. The second-order valence-corrected chi connectivity index (χ2v) is 6.29. The van der Waals surface area contributed by atoms with Crippen molar-refractivity contribution in [2.24, 2.45) is 5.92 Å². The molecule has 1 aliphatic rings. The lowest BCUT2D eigenvalue weighted by Gasteiger charge is -2.17. The van der Waals surface area contributed by atoms with Crippen molar-refractivity contribution in [2.45, 2.75) is 26.7 Å². The molecule has 0 aromatic heterocycles. The summed E-state index contributed by atoms with van der Waals surface area (Å²) >= 11 is 6.17. The standard InChI is InChI=1S/C17H25ClN2O3/c1-4-12-8-13(18)16(23-3)14(15(12)21)17(22)19-9-11-6-7-20(5-2)10-11/h8,11,21H,4-7,9-10H2,1-3H3,(H,19,22)/t11-/m0/s1. The van der Waals surface area contributed by atoms with E-state index in [9.17, 15) is 9.90 Å². The topological polar surface area (TPSA) is 61.8 Å². The molecule has 1 heterocycles. The molecule has 1 amide bonds. The summed E-state index contributed by atoms with van der Waals surface area (Å²) in [6, 6.07) is 1.64. The first-order chi connectivity index (χ1) is 11.0. The summed E-state index contributed by atoms with van der Waals surface area (Å²) in [5, 5.41) is 13.6. The molecule has 23 heavy (non-hydrogen) atoms. The number of aromatic hydroxyl groups is 1. The summed E-state index contributed by atoms with van der Waals surface area (Å²) in [6.07, 6.45) is 1.66. The molecule has 0 radical (unpaired) electrons. The summed E-state index contributed by atoms with van der Waals surface area (Å²) in [4.78, 5) is 14.9. The van der Waals surface area contributed by atoms with Gasteiger partial charge in [0.25, 0.3) is 5.91 Å². The first kappa shape index (κ1) is 17.9. The average Bonchev–Trinajstić information content (AvgIpc) is 3.02. The highest BCUT2D eigenvalue weighted by Crippen LogP contribution is 2.38. The molecule has 6 heteroatoms. The van der Waals surface area contributed by atoms with E-state index in [1.165, 1.54) is 7.11 Å². The van der Waals surface area contributed by atoms with Gasteiger partial charge < -0.3 is 20.1 Å². The van der Waals surface area contributed by atoms with Gasteiger partial charge in [0.05, 0.1) is 12.1 Å². The van der Waals surface area contributed by atoms with E-state index >= 15 is 0 Å². The van der Waals surface area contributed by atoms with Crippen LogP contribution in [0.15, 0.2) is 6.07 Å². The smallest absolute Gasteiger partial charge is 0.258 e. The molecular formula is C17H25ClN2O3. The van der Waals surface area contributed by atoms with Crippen molar-refractivity contribution in [3.63, 3.8) is 0 Å². The summed E-state index contributed by atoms with van der Waals surface area (Å²) in [5.41, 5.74) is 0.765. The number of hydrogen-bond donors (Lipinski definition) is 2. The normalized spacial score (nSPS) is 18.2. The van der Waals surface area contributed by atoms with Crippen molar-refractivity contribution in [3.05, 3.63) is 22.2 Å². The van der Waals surface area contributed by atoms with E-state index < -0.39 is 0 Å². The van der Waals surface area contributed by atoms with Gasteiger partial charge in [-0.25, -0.2) is 0 Å². The number of ether oxygens (including phenoxy) is 1. The Labute approximate surface area is 142 Å². The lowest BCUT2D eigenvalue weighted by molar-refractivity contribution is 0.0941. The summed E-state index contributed by atoms with van der Waals surface area (Å²) in [6.45, 7) is 7.73. The van der Waals surface area contributed by atoms with Gasteiger partial charge in [-0.1, -0.05) is 25.4 Å². The summed E-state index contributed by atoms with van der Waals surface area (Å²) < 4.78 is 5.22. The number of phenolic OH excluding ortho intramolecular Hbond substituents is 1. The fourth-order valence-corrected chi connectivity index (χ4v) is 3.35. The van der Waals surface area contributed by atoms with Crippen LogP contribution in [0.4, 0.5) is 0 Å². The third-order valence-corrected chi connectivity index (χ3v) is 4.75. The average molecular weight is 341 g/mol. The minimum absolute atomic E-state index is 0.0483. The van der Waals surface area contributed by atoms with Crippen LogP contribution in [0.1, 0.15) is 36.2 Å². The molecule has 1 aliphatic heterocycles. The molecule has 0 saturated carbocycles. The SMILES string of the molecule is CCc1cc(Cl)c(OC)c(C(=O)NC[C@@H]2CCN(CC)C2)c1O. The highest BCUT2D eigenvalue weighted by Gasteiger charge is 2.25. The Hall–Kier alpha value is -1.46. The lowest BCUT2D eigenvalue weighted by atomic mass is 10.0. The minimum Gasteiger partial charge on any atom is -0.507 e. The molecule has 1 atom stereocenters. The largest absolute Gasteiger partial charge is 0.507 e. The molecule has 1 aromatic rings. The van der Waals surface area contributed by atoms with Crippen molar-refractivity contribution in [1.29, 1.82) is 0 Å². The van der Waals surface area contributed by atoms with Gasteiger partial charge in [0.15, 0.2) is 5.75 Å². The number of rotatable bonds is 6. The number of phenols is 1. The van der Waals surface area contributed by atoms with Crippen LogP contribution in [0.25, 0.3) is 0 Å². The number of methoxy groups -OCH3 is 1. The Kier molecular flexibility index (Phi) is 6.13. The molecule has 0 spiro atoms. The van der Waals surface area contributed by atoms with Crippen molar-refractivity contribution in [1.82, 2.24) is 10.2 Å². The number of amides is 1. The Bertz CT molecular complexity index is 577. The molecule has 2 N–H and O–H groups in total. The highest BCUT2D eigenvalue weighted by molar-refractivity contribution is 6.33. The third kappa shape index (κ3) is 3.90. The number of hydrogen-bond acceptors (Lipinski definition) is 4. The van der Waals surface area contributed by atoms with E-state index in [4.69, 9.17) is 16.3 Å². The second-order valence-electron chi connectivity index (χ2n) is 5.89. The number of carbonyl (C=O) groups excluding carboxylic acids is 1. The quantitative estimate of drug-likeness (QED) is 0.835. The summed E-state index contributed by atoms with van der Waals surface area (Å²) in [7, 11) is 1.44. The predicted octanol–water partition coefficient (Wildman–Crippen LogP) is 2.69. The van der Waals surface area contributed by atoms with Crippen LogP contribution in [0.5, 0.6) is 11.5 Å². The van der Waals surface area contributed by atoms with E-state index in [0.717, 1.165) is 26.1 Å². The molecule has 0 unspecified atom stereocenters. The molecule has 1 fully saturated rings. The number of nitrogens with zero attached hydrogens (tertiary/aromatic N) is 1. The Morgan fingerprint density at radius 3 is 2.83 bits per heavy atom. The number of halogens is 1. The molecule has 5 nitrogen and oxygen atoms in total. The number of likely N-dealkylation sites (tertiary alicyclic amines) is 1. The van der Waals surface area contributed by atoms with Crippen LogP contribution in [-0.4, -0.2) is 49.2 Å². The first-order valence-corrected chi connectivity index (χ1v) is 8.48. The zero-order chi connectivity index (χ0) is 17.0. The van der Waals surface area contributed by atoms with Crippen molar-refractivity contribution in [3.8, 4) is 11.5 Å². The molecule has 0 aliphatic carbocycles. The van der Waals surface area contributed by atoms with Gasteiger partial charge in [-0.05, 0) is 43.5 Å². The Balaban J connectivity index is 2.14. The van der Waals surface area contributed by atoms with Gasteiger partial charge in [-0.15, -0.1) is 0 Å². The van der Waals surface area contributed by atoms with E-state index in [-0.39, 0.29) is 23.0 Å². The maximum Gasteiger partial charge on any atom is 0.258 e. The van der Waals surface area contributed by atoms with E-state index in [2.05, 4.69) is 17.1 Å². The Morgan fingerprint density at radius 2 is 2.26 bits per heavy atom. The van der Waals surface area contributed by atoms with Crippen molar-refractivity contribution in [2.75, 3.05) is 33.3 Å². The van der Waals surface area contributed by atoms with Crippen LogP contribution in [0, 0.1) is 5.92 Å². The zero-order valence-electron chi connectivity index (χ0n) is 14.0. The molecule has 0 bridgehead atoms. The highest BCUT2D eigenvalue weighted by atomic mass is 35.5. The first-order valence-electron chi connectivity index (χ1n) is 8.10. The van der Waals surface area contributed by atoms with Gasteiger partial charge in [-0.3, -0.25) is 4.79 Å². The van der Waals surface area contributed by atoms with Gasteiger partial charge in [0, 0.05) is 13.1 Å². The fourth-order valence-electron chi connectivity index (χ4n) is 3.05. The fraction of sp³-hybridized carbons (Fsp3) is 0.588. The maximum atomic E-state index is 12.6. The van der Waals surface area contributed by atoms with Gasteiger partial charge in [0.2, 0.25) is 0 Å². The number of benzene rings is 1. The Morgan fingerprint density at radius 1 is 1.52 bits per heavy atom. The molecule has 2 rings (SSSR count). The minimum atomic E-state index is -0.341.